The van der Waals surface area contributed by atoms with E-state index in [1.807, 2.05) is 41.3 Å². The van der Waals surface area contributed by atoms with Gasteiger partial charge in [-0.05, 0) is 54.3 Å². The number of anilines is 1. The van der Waals surface area contributed by atoms with Gasteiger partial charge in [0.25, 0.3) is 0 Å². The number of carbonyl (C=O) groups excluding carboxylic acids is 2. The Bertz CT molecular complexity index is 1380. The van der Waals surface area contributed by atoms with Crippen LogP contribution in [0.1, 0.15) is 34.0 Å². The van der Waals surface area contributed by atoms with Crippen LogP contribution in [0, 0.1) is 0 Å². The van der Waals surface area contributed by atoms with Gasteiger partial charge >= 0.3 is 6.03 Å². The number of Topliss-reactive ketones (excluding diaryl/α,β-unsaturated/α-hetero) is 1. The molecule has 5 rings (SSSR count). The molecular formula is C26H25N5O3. The molecule has 0 bridgehead atoms. The Morgan fingerprint density at radius 1 is 1.12 bits per heavy atom. The fraction of sp³-hybridized carbons (Fsp3) is 0.231. The van der Waals surface area contributed by atoms with Crippen LogP contribution >= 0.6 is 0 Å². The van der Waals surface area contributed by atoms with Crippen LogP contribution in [0.5, 0.6) is 5.75 Å². The van der Waals surface area contributed by atoms with E-state index >= 15 is 0 Å². The van der Waals surface area contributed by atoms with Gasteiger partial charge in [-0.25, -0.2) is 14.5 Å². The van der Waals surface area contributed by atoms with Crippen LogP contribution in [0.4, 0.5) is 10.5 Å². The van der Waals surface area contributed by atoms with Crippen molar-refractivity contribution in [1.29, 1.82) is 0 Å². The van der Waals surface area contributed by atoms with Gasteiger partial charge in [0.15, 0.2) is 11.4 Å². The number of fused-ring (bicyclic) bond motifs is 3. The van der Waals surface area contributed by atoms with E-state index in [9.17, 15) is 9.59 Å². The number of rotatable bonds is 5. The van der Waals surface area contributed by atoms with E-state index < -0.39 is 0 Å². The van der Waals surface area contributed by atoms with Crippen molar-refractivity contribution in [3.8, 4) is 5.75 Å². The highest BCUT2D eigenvalue weighted by molar-refractivity contribution is 5.96. The van der Waals surface area contributed by atoms with E-state index in [0.29, 0.717) is 30.9 Å². The Hall–Kier alpha value is -4.20. The lowest BCUT2D eigenvalue weighted by atomic mass is 9.99. The first-order valence-electron chi connectivity index (χ1n) is 11.1. The van der Waals surface area contributed by atoms with Crippen molar-refractivity contribution in [2.24, 2.45) is 0 Å². The van der Waals surface area contributed by atoms with Crippen LogP contribution in [0.3, 0.4) is 0 Å². The molecule has 0 saturated carbocycles. The van der Waals surface area contributed by atoms with Gasteiger partial charge in [-0.3, -0.25) is 4.79 Å². The number of aromatic nitrogens is 3. The molecule has 4 aromatic rings. The summed E-state index contributed by atoms with van der Waals surface area (Å²) < 4.78 is 7.13. The summed E-state index contributed by atoms with van der Waals surface area (Å²) in [5.41, 5.74) is 5.34. The number of carbonyl (C=O) groups is 2. The van der Waals surface area contributed by atoms with Gasteiger partial charge < -0.3 is 15.0 Å². The van der Waals surface area contributed by atoms with E-state index in [1.165, 1.54) is 12.5 Å². The van der Waals surface area contributed by atoms with E-state index in [-0.39, 0.29) is 11.8 Å². The minimum atomic E-state index is -0.193. The molecule has 3 heterocycles. The first kappa shape index (κ1) is 21.6. The number of hydrogen-bond donors (Lipinski definition) is 1. The summed E-state index contributed by atoms with van der Waals surface area (Å²) in [5, 5.41) is 8.51. The number of urea groups is 1. The number of ketones is 1. The Kier molecular flexibility index (Phi) is 5.71. The lowest BCUT2D eigenvalue weighted by Crippen LogP contribution is -2.39. The second-order valence-corrected chi connectivity index (χ2v) is 8.39. The number of methoxy groups -OCH3 is 1. The van der Waals surface area contributed by atoms with Crippen molar-refractivity contribution in [1.82, 2.24) is 19.7 Å². The molecule has 0 spiro atoms. The topological polar surface area (TPSA) is 89.3 Å². The number of amides is 2. The second kappa shape index (κ2) is 8.97. The molecule has 0 atom stereocenters. The zero-order valence-corrected chi connectivity index (χ0v) is 19.1. The molecule has 0 aliphatic carbocycles. The number of nitrogens with zero attached hydrogens (tertiary/aromatic N) is 4. The Labute approximate surface area is 197 Å². The summed E-state index contributed by atoms with van der Waals surface area (Å²) in [6.07, 6.45) is 4.44. The van der Waals surface area contributed by atoms with Crippen LogP contribution in [0.2, 0.25) is 0 Å². The molecule has 1 aliphatic rings. The zero-order chi connectivity index (χ0) is 23.7. The molecule has 0 saturated heterocycles. The maximum Gasteiger partial charge on any atom is 0.322 e. The third-order valence-electron chi connectivity index (χ3n) is 6.16. The average molecular weight is 456 g/mol. The quantitative estimate of drug-likeness (QED) is 0.454. The van der Waals surface area contributed by atoms with Crippen molar-refractivity contribution in [2.45, 2.75) is 26.4 Å². The fourth-order valence-electron chi connectivity index (χ4n) is 4.29. The van der Waals surface area contributed by atoms with Crippen molar-refractivity contribution in [2.75, 3.05) is 19.0 Å². The molecule has 2 aromatic carbocycles. The van der Waals surface area contributed by atoms with Gasteiger partial charge in [-0.15, -0.1) is 0 Å². The first-order chi connectivity index (χ1) is 16.5. The van der Waals surface area contributed by atoms with Gasteiger partial charge in [0.05, 0.1) is 19.9 Å². The van der Waals surface area contributed by atoms with E-state index in [1.54, 1.807) is 36.3 Å². The fourth-order valence-corrected chi connectivity index (χ4v) is 4.29. The van der Waals surface area contributed by atoms with E-state index in [2.05, 4.69) is 15.4 Å². The standard InChI is InChI=1S/C26H25N5O3/c1-17(32)19-4-3-5-21(12-19)29-26(33)30-11-10-23-20(16-30)13-27-25-24(23)14-28-31(25)15-18-6-8-22(34-2)9-7-18/h3-9,12-14H,10-11,15-16H2,1-2H3,(H,29,33). The molecule has 0 unspecified atom stereocenters. The molecule has 2 amide bonds. The molecule has 0 fully saturated rings. The largest absolute Gasteiger partial charge is 0.497 e. The minimum absolute atomic E-state index is 0.0365. The van der Waals surface area contributed by atoms with Gasteiger partial charge in [-0.2, -0.15) is 5.10 Å². The normalized spacial score (nSPS) is 12.9. The molecule has 1 aliphatic heterocycles. The van der Waals surface area contributed by atoms with Gasteiger partial charge in [0.1, 0.15) is 5.75 Å². The van der Waals surface area contributed by atoms with Crippen LogP contribution in [0.15, 0.2) is 60.9 Å². The molecule has 34 heavy (non-hydrogen) atoms. The van der Waals surface area contributed by atoms with Gasteiger partial charge in [-0.1, -0.05) is 24.3 Å². The van der Waals surface area contributed by atoms with Gasteiger partial charge in [0, 0.05) is 35.9 Å². The number of benzene rings is 2. The summed E-state index contributed by atoms with van der Waals surface area (Å²) in [6.45, 7) is 3.19. The SMILES string of the molecule is COc1ccc(Cn2ncc3c4c(cnc32)CN(C(=O)Nc2cccc(C(C)=O)c2)CC4)cc1. The predicted molar refractivity (Wildman–Crippen MR) is 129 cm³/mol. The van der Waals surface area contributed by atoms with Crippen molar-refractivity contribution >= 4 is 28.5 Å². The summed E-state index contributed by atoms with van der Waals surface area (Å²) in [4.78, 5) is 30.9. The van der Waals surface area contributed by atoms with E-state index in [0.717, 1.165) is 34.3 Å². The molecule has 172 valence electrons. The summed E-state index contributed by atoms with van der Waals surface area (Å²) in [6, 6.07) is 14.7. The summed E-state index contributed by atoms with van der Waals surface area (Å²) >= 11 is 0. The lowest BCUT2D eigenvalue weighted by Gasteiger charge is -2.29. The highest BCUT2D eigenvalue weighted by Gasteiger charge is 2.24. The predicted octanol–water partition coefficient (Wildman–Crippen LogP) is 4.28. The van der Waals surface area contributed by atoms with Crippen molar-refractivity contribution < 1.29 is 14.3 Å². The molecular weight excluding hydrogens is 430 g/mol. The highest BCUT2D eigenvalue weighted by atomic mass is 16.5. The van der Waals surface area contributed by atoms with Crippen LogP contribution < -0.4 is 10.1 Å². The zero-order valence-electron chi connectivity index (χ0n) is 19.1. The molecule has 8 heteroatoms. The average Bonchev–Trinajstić information content (AvgIpc) is 3.27. The number of pyridine rings is 1. The third kappa shape index (κ3) is 4.22. The maximum atomic E-state index is 12.9. The van der Waals surface area contributed by atoms with Crippen molar-refractivity contribution in [3.63, 3.8) is 0 Å². The van der Waals surface area contributed by atoms with Crippen LogP contribution in [-0.4, -0.2) is 45.1 Å². The number of ether oxygens (including phenoxy) is 1. The second-order valence-electron chi connectivity index (χ2n) is 8.39. The Balaban J connectivity index is 1.32. The third-order valence-corrected chi connectivity index (χ3v) is 6.16. The van der Waals surface area contributed by atoms with Crippen LogP contribution in [0.25, 0.3) is 11.0 Å². The lowest BCUT2D eigenvalue weighted by molar-refractivity contribution is 0.101. The minimum Gasteiger partial charge on any atom is -0.497 e. The molecule has 8 nitrogen and oxygen atoms in total. The number of nitrogens with one attached hydrogen (secondary N) is 1. The maximum absolute atomic E-state index is 12.9. The smallest absolute Gasteiger partial charge is 0.322 e. The van der Waals surface area contributed by atoms with Crippen LogP contribution in [-0.2, 0) is 19.5 Å². The molecule has 0 radical (unpaired) electrons. The summed E-state index contributed by atoms with van der Waals surface area (Å²) in [7, 11) is 1.65. The Morgan fingerprint density at radius 3 is 2.71 bits per heavy atom. The number of hydrogen-bond acceptors (Lipinski definition) is 5. The van der Waals surface area contributed by atoms with Gasteiger partial charge in [0.2, 0.25) is 0 Å². The monoisotopic (exact) mass is 455 g/mol. The highest BCUT2D eigenvalue weighted by Crippen LogP contribution is 2.27. The summed E-state index contributed by atoms with van der Waals surface area (Å²) in [5.74, 6) is 0.784. The first-order valence-corrected chi connectivity index (χ1v) is 11.1. The van der Waals surface area contributed by atoms with Crippen molar-refractivity contribution in [3.05, 3.63) is 83.2 Å². The van der Waals surface area contributed by atoms with E-state index in [4.69, 9.17) is 4.74 Å². The Morgan fingerprint density at radius 2 is 1.94 bits per heavy atom. The molecule has 1 N–H and O–H groups in total. The molecule has 2 aromatic heterocycles.